The van der Waals surface area contributed by atoms with Crippen LogP contribution in [0.1, 0.15) is 38.9 Å². The second-order valence-corrected chi connectivity index (χ2v) is 5.45. The molecule has 0 aliphatic carbocycles. The highest BCUT2D eigenvalue weighted by Crippen LogP contribution is 2.24. The van der Waals surface area contributed by atoms with Crippen molar-refractivity contribution < 1.29 is 4.74 Å². The summed E-state index contributed by atoms with van der Waals surface area (Å²) < 4.78 is 5.56. The summed E-state index contributed by atoms with van der Waals surface area (Å²) in [6.07, 6.45) is 3.28. The van der Waals surface area contributed by atoms with Crippen molar-refractivity contribution in [2.24, 2.45) is 0 Å². The molecule has 1 saturated heterocycles. The fourth-order valence-electron chi connectivity index (χ4n) is 2.32. The summed E-state index contributed by atoms with van der Waals surface area (Å²) in [4.78, 5) is 8.86. The number of aryl methyl sites for hydroxylation is 1. The van der Waals surface area contributed by atoms with E-state index in [0.29, 0.717) is 0 Å². The molecule has 0 aromatic carbocycles. The van der Waals surface area contributed by atoms with Gasteiger partial charge in [-0.3, -0.25) is 0 Å². The molecule has 0 radical (unpaired) electrons. The Morgan fingerprint density at radius 3 is 2.84 bits per heavy atom. The number of anilines is 2. The molecule has 1 unspecified atom stereocenters. The lowest BCUT2D eigenvalue weighted by atomic mass is 9.95. The quantitative estimate of drug-likeness (QED) is 0.856. The summed E-state index contributed by atoms with van der Waals surface area (Å²) in [5, 5.41) is 6.80. The highest BCUT2D eigenvalue weighted by Gasteiger charge is 2.27. The van der Waals surface area contributed by atoms with Crippen molar-refractivity contribution in [2.75, 3.05) is 30.4 Å². The Kier molecular flexibility index (Phi) is 4.58. The molecule has 1 aliphatic heterocycles. The number of ether oxygens (including phenoxy) is 1. The van der Waals surface area contributed by atoms with E-state index in [1.807, 2.05) is 13.0 Å². The van der Waals surface area contributed by atoms with Crippen molar-refractivity contribution in [1.82, 2.24) is 9.97 Å². The van der Waals surface area contributed by atoms with Gasteiger partial charge in [0.05, 0.1) is 12.1 Å². The minimum atomic E-state index is -0.0267. The van der Waals surface area contributed by atoms with Crippen molar-refractivity contribution in [3.05, 3.63) is 11.9 Å². The van der Waals surface area contributed by atoms with Crippen molar-refractivity contribution >= 4 is 11.6 Å². The van der Waals surface area contributed by atoms with Crippen LogP contribution in [0.15, 0.2) is 6.07 Å². The van der Waals surface area contributed by atoms with Gasteiger partial charge in [0.15, 0.2) is 0 Å². The number of aromatic nitrogens is 2. The molecule has 19 heavy (non-hydrogen) atoms. The standard InChI is InChI=1S/C14H24N4O/c1-4-7-15-12-9-13(17-11(2)16-12)18-14(3)6-5-8-19-10-14/h9H,4-8,10H2,1-3H3,(H2,15,16,17,18). The van der Waals surface area contributed by atoms with Gasteiger partial charge in [0.25, 0.3) is 0 Å². The van der Waals surface area contributed by atoms with Gasteiger partial charge in [-0.15, -0.1) is 0 Å². The van der Waals surface area contributed by atoms with Gasteiger partial charge in [-0.05, 0) is 33.1 Å². The largest absolute Gasteiger partial charge is 0.379 e. The van der Waals surface area contributed by atoms with E-state index in [2.05, 4.69) is 34.4 Å². The first-order chi connectivity index (χ1) is 9.11. The van der Waals surface area contributed by atoms with Gasteiger partial charge in [0, 0.05) is 19.2 Å². The third-order valence-electron chi connectivity index (χ3n) is 3.26. The summed E-state index contributed by atoms with van der Waals surface area (Å²) in [5.74, 6) is 2.54. The monoisotopic (exact) mass is 264 g/mol. The molecule has 1 aromatic heterocycles. The van der Waals surface area contributed by atoms with Crippen LogP contribution in [0, 0.1) is 6.92 Å². The van der Waals surface area contributed by atoms with Gasteiger partial charge >= 0.3 is 0 Å². The summed E-state index contributed by atoms with van der Waals surface area (Å²) in [7, 11) is 0. The second kappa shape index (κ2) is 6.19. The molecule has 5 heteroatoms. The van der Waals surface area contributed by atoms with Crippen LogP contribution in [0.4, 0.5) is 11.6 Å². The zero-order valence-corrected chi connectivity index (χ0v) is 12.1. The zero-order valence-electron chi connectivity index (χ0n) is 12.1. The summed E-state index contributed by atoms with van der Waals surface area (Å²) in [6, 6.07) is 1.97. The molecule has 2 heterocycles. The van der Waals surface area contributed by atoms with Gasteiger partial charge in [0.1, 0.15) is 17.5 Å². The Labute approximate surface area is 115 Å². The molecule has 5 nitrogen and oxygen atoms in total. The highest BCUT2D eigenvalue weighted by atomic mass is 16.5. The van der Waals surface area contributed by atoms with Gasteiger partial charge in [-0.2, -0.15) is 0 Å². The lowest BCUT2D eigenvalue weighted by Gasteiger charge is -2.34. The molecule has 0 amide bonds. The van der Waals surface area contributed by atoms with Crippen LogP contribution < -0.4 is 10.6 Å². The predicted octanol–water partition coefficient (Wildman–Crippen LogP) is 2.59. The Balaban J connectivity index is 2.08. The first-order valence-electron chi connectivity index (χ1n) is 7.07. The lowest BCUT2D eigenvalue weighted by Crippen LogP contribution is -2.43. The Bertz CT molecular complexity index is 416. The highest BCUT2D eigenvalue weighted by molar-refractivity contribution is 5.49. The average Bonchev–Trinajstić information content (AvgIpc) is 2.36. The van der Waals surface area contributed by atoms with Crippen LogP contribution in [0.3, 0.4) is 0 Å². The number of hydrogen-bond acceptors (Lipinski definition) is 5. The molecule has 1 atom stereocenters. The SMILES string of the molecule is CCCNc1cc(NC2(C)CCCOC2)nc(C)n1. The maximum absolute atomic E-state index is 5.56. The first-order valence-corrected chi connectivity index (χ1v) is 7.07. The average molecular weight is 264 g/mol. The topological polar surface area (TPSA) is 59.1 Å². The number of nitrogens with one attached hydrogen (secondary N) is 2. The Morgan fingerprint density at radius 2 is 2.16 bits per heavy atom. The van der Waals surface area contributed by atoms with E-state index in [0.717, 1.165) is 56.5 Å². The van der Waals surface area contributed by atoms with Gasteiger partial charge in [-0.25, -0.2) is 9.97 Å². The molecule has 0 bridgehead atoms. The molecule has 1 aliphatic rings. The van der Waals surface area contributed by atoms with E-state index >= 15 is 0 Å². The lowest BCUT2D eigenvalue weighted by molar-refractivity contribution is 0.0539. The molecule has 106 valence electrons. The fraction of sp³-hybridized carbons (Fsp3) is 0.714. The third-order valence-corrected chi connectivity index (χ3v) is 3.26. The maximum Gasteiger partial charge on any atom is 0.132 e. The number of nitrogens with zero attached hydrogens (tertiary/aromatic N) is 2. The van der Waals surface area contributed by atoms with E-state index in [9.17, 15) is 0 Å². The Hall–Kier alpha value is -1.36. The van der Waals surface area contributed by atoms with E-state index in [1.54, 1.807) is 0 Å². The molecule has 2 N–H and O–H groups in total. The van der Waals surface area contributed by atoms with E-state index < -0.39 is 0 Å². The molecule has 0 spiro atoms. The van der Waals surface area contributed by atoms with Crippen LogP contribution in [0.5, 0.6) is 0 Å². The minimum Gasteiger partial charge on any atom is -0.379 e. The Morgan fingerprint density at radius 1 is 1.37 bits per heavy atom. The van der Waals surface area contributed by atoms with Gasteiger partial charge in [0.2, 0.25) is 0 Å². The summed E-state index contributed by atoms with van der Waals surface area (Å²) >= 11 is 0. The normalized spacial score (nSPS) is 23.1. The van der Waals surface area contributed by atoms with Gasteiger partial charge in [-0.1, -0.05) is 6.92 Å². The maximum atomic E-state index is 5.56. The van der Waals surface area contributed by atoms with Crippen molar-refractivity contribution in [3.8, 4) is 0 Å². The molecular formula is C14H24N4O. The minimum absolute atomic E-state index is 0.0267. The predicted molar refractivity (Wildman–Crippen MR) is 77.6 cm³/mol. The van der Waals surface area contributed by atoms with Crippen LogP contribution in [0.2, 0.25) is 0 Å². The molecule has 0 saturated carbocycles. The van der Waals surface area contributed by atoms with Crippen molar-refractivity contribution in [3.63, 3.8) is 0 Å². The number of rotatable bonds is 5. The van der Waals surface area contributed by atoms with E-state index in [1.165, 1.54) is 0 Å². The van der Waals surface area contributed by atoms with E-state index in [-0.39, 0.29) is 5.54 Å². The summed E-state index contributed by atoms with van der Waals surface area (Å²) in [5.41, 5.74) is -0.0267. The van der Waals surface area contributed by atoms with Crippen LogP contribution >= 0.6 is 0 Å². The van der Waals surface area contributed by atoms with Crippen LogP contribution in [0.25, 0.3) is 0 Å². The third kappa shape index (κ3) is 4.06. The smallest absolute Gasteiger partial charge is 0.132 e. The molecule has 1 fully saturated rings. The zero-order chi connectivity index (χ0) is 13.7. The molecule has 1 aromatic rings. The summed E-state index contributed by atoms with van der Waals surface area (Å²) in [6.45, 7) is 8.76. The van der Waals surface area contributed by atoms with Crippen molar-refractivity contribution in [1.29, 1.82) is 0 Å². The van der Waals surface area contributed by atoms with Crippen LogP contribution in [-0.2, 0) is 4.74 Å². The van der Waals surface area contributed by atoms with Crippen molar-refractivity contribution in [2.45, 2.75) is 45.6 Å². The second-order valence-electron chi connectivity index (χ2n) is 5.45. The number of hydrogen-bond donors (Lipinski definition) is 2. The van der Waals surface area contributed by atoms with Gasteiger partial charge < -0.3 is 15.4 Å². The molecule has 2 rings (SSSR count). The molecular weight excluding hydrogens is 240 g/mol. The van der Waals surface area contributed by atoms with E-state index in [4.69, 9.17) is 4.74 Å². The first kappa shape index (κ1) is 14.1. The fourth-order valence-corrected chi connectivity index (χ4v) is 2.32. The van der Waals surface area contributed by atoms with Crippen LogP contribution in [-0.4, -0.2) is 35.3 Å².